The van der Waals surface area contributed by atoms with Crippen molar-refractivity contribution in [2.24, 2.45) is 0 Å². The normalized spacial score (nSPS) is 10.7. The van der Waals surface area contributed by atoms with Gasteiger partial charge in [0, 0.05) is 6.20 Å². The largest absolute Gasteiger partial charge is 0.411 e. The lowest BCUT2D eigenvalue weighted by atomic mass is 10.2. The Bertz CT molecular complexity index is 922. The third-order valence-electron chi connectivity index (χ3n) is 2.90. The Morgan fingerprint density at radius 2 is 2.08 bits per heavy atom. The van der Waals surface area contributed by atoms with Gasteiger partial charge in [-0.25, -0.2) is 9.37 Å². The molecule has 3 aromatic rings. The fourth-order valence-electron chi connectivity index (χ4n) is 1.81. The molecule has 0 unspecified atom stereocenters. The van der Waals surface area contributed by atoms with E-state index in [0.29, 0.717) is 5.02 Å². The van der Waals surface area contributed by atoms with E-state index in [1.165, 1.54) is 24.4 Å². The molecule has 0 spiro atoms. The highest BCUT2D eigenvalue weighted by atomic mass is 35.5. The molecule has 0 aliphatic rings. The van der Waals surface area contributed by atoms with Gasteiger partial charge in [-0.15, -0.1) is 10.2 Å². The summed E-state index contributed by atoms with van der Waals surface area (Å²) in [6.07, 6.45) is 1.37. The molecule has 3 rings (SSSR count). The number of thioether (sulfide) groups is 1. The third-order valence-corrected chi connectivity index (χ3v) is 4.22. The van der Waals surface area contributed by atoms with Gasteiger partial charge in [-0.1, -0.05) is 47.1 Å². The van der Waals surface area contributed by atoms with Gasteiger partial charge in [0.2, 0.25) is 5.91 Å². The zero-order valence-electron chi connectivity index (χ0n) is 12.4. The quantitative estimate of drug-likeness (QED) is 0.644. The minimum Gasteiger partial charge on any atom is -0.411 e. The van der Waals surface area contributed by atoms with Crippen molar-refractivity contribution in [1.29, 1.82) is 0 Å². The Balaban J connectivity index is 1.60. The number of pyridine rings is 1. The van der Waals surface area contributed by atoms with E-state index < -0.39 is 5.82 Å². The number of hydrogen-bond acceptors (Lipinski definition) is 6. The van der Waals surface area contributed by atoms with Gasteiger partial charge in [0.1, 0.15) is 5.82 Å². The fraction of sp³-hybridized carbons (Fsp3) is 0.0667. The first-order valence-electron chi connectivity index (χ1n) is 6.85. The van der Waals surface area contributed by atoms with Crippen molar-refractivity contribution < 1.29 is 13.6 Å². The van der Waals surface area contributed by atoms with Gasteiger partial charge in [-0.2, -0.15) is 0 Å². The summed E-state index contributed by atoms with van der Waals surface area (Å²) >= 11 is 12.7. The smallest absolute Gasteiger partial charge is 0.277 e. The van der Waals surface area contributed by atoms with Gasteiger partial charge in [0.15, 0.2) is 5.82 Å². The van der Waals surface area contributed by atoms with Gasteiger partial charge in [-0.3, -0.25) is 4.79 Å². The molecule has 128 valence electrons. The zero-order chi connectivity index (χ0) is 17.8. The maximum Gasteiger partial charge on any atom is 0.277 e. The van der Waals surface area contributed by atoms with E-state index in [0.717, 1.165) is 11.8 Å². The Morgan fingerprint density at radius 3 is 2.84 bits per heavy atom. The number of halogens is 3. The summed E-state index contributed by atoms with van der Waals surface area (Å²) in [5.41, 5.74) is 0.198. The highest BCUT2D eigenvalue weighted by Crippen LogP contribution is 2.26. The summed E-state index contributed by atoms with van der Waals surface area (Å²) in [4.78, 5) is 15.9. The van der Waals surface area contributed by atoms with E-state index in [1.807, 2.05) is 0 Å². The van der Waals surface area contributed by atoms with Crippen LogP contribution in [0, 0.1) is 5.82 Å². The number of rotatable bonds is 5. The van der Waals surface area contributed by atoms with E-state index >= 15 is 0 Å². The number of aromatic nitrogens is 3. The van der Waals surface area contributed by atoms with E-state index in [9.17, 15) is 9.18 Å². The third kappa shape index (κ3) is 4.47. The van der Waals surface area contributed by atoms with Crippen LogP contribution in [-0.4, -0.2) is 26.8 Å². The molecule has 0 saturated carbocycles. The average molecular weight is 399 g/mol. The summed E-state index contributed by atoms with van der Waals surface area (Å²) in [6.45, 7) is 0. The van der Waals surface area contributed by atoms with Gasteiger partial charge in [0.25, 0.3) is 11.1 Å². The molecule has 2 heterocycles. The average Bonchev–Trinajstić information content (AvgIpc) is 3.05. The van der Waals surface area contributed by atoms with Crippen molar-refractivity contribution in [3.8, 4) is 11.5 Å². The molecule has 10 heteroatoms. The van der Waals surface area contributed by atoms with Crippen LogP contribution in [0.5, 0.6) is 0 Å². The molecule has 6 nitrogen and oxygen atoms in total. The van der Waals surface area contributed by atoms with Crippen LogP contribution >= 0.6 is 35.0 Å². The molecule has 1 amide bonds. The van der Waals surface area contributed by atoms with Crippen LogP contribution in [0.15, 0.2) is 46.2 Å². The summed E-state index contributed by atoms with van der Waals surface area (Å²) in [5, 5.41) is 10.8. The molecule has 0 saturated heterocycles. The van der Waals surface area contributed by atoms with Gasteiger partial charge in [-0.05, 0) is 18.2 Å². The van der Waals surface area contributed by atoms with Gasteiger partial charge < -0.3 is 9.73 Å². The minimum absolute atomic E-state index is 0.0143. The van der Waals surface area contributed by atoms with Crippen LogP contribution in [0.3, 0.4) is 0 Å². The maximum absolute atomic E-state index is 13.7. The van der Waals surface area contributed by atoms with Gasteiger partial charge >= 0.3 is 0 Å². The Hall–Kier alpha value is -2.16. The van der Waals surface area contributed by atoms with Crippen LogP contribution in [0.1, 0.15) is 0 Å². The van der Waals surface area contributed by atoms with Crippen molar-refractivity contribution in [2.45, 2.75) is 5.22 Å². The molecule has 0 radical (unpaired) electrons. The first-order chi connectivity index (χ1) is 12.0. The van der Waals surface area contributed by atoms with Crippen molar-refractivity contribution in [3.05, 3.63) is 52.4 Å². The van der Waals surface area contributed by atoms with E-state index in [4.69, 9.17) is 27.6 Å². The topological polar surface area (TPSA) is 80.9 Å². The zero-order valence-corrected chi connectivity index (χ0v) is 14.7. The lowest BCUT2D eigenvalue weighted by Gasteiger charge is -2.05. The molecular formula is C15H9Cl2FN4O2S. The number of carbonyl (C=O) groups excluding carboxylic acids is 1. The second kappa shape index (κ2) is 7.81. The number of benzene rings is 1. The van der Waals surface area contributed by atoms with Crippen molar-refractivity contribution in [1.82, 2.24) is 15.2 Å². The maximum atomic E-state index is 13.7. The van der Waals surface area contributed by atoms with E-state index in [-0.39, 0.29) is 39.2 Å². The minimum atomic E-state index is -0.469. The molecule has 1 aromatic carbocycles. The number of amides is 1. The highest BCUT2D eigenvalue weighted by molar-refractivity contribution is 7.99. The lowest BCUT2D eigenvalue weighted by molar-refractivity contribution is -0.113. The summed E-state index contributed by atoms with van der Waals surface area (Å²) < 4.78 is 19.0. The number of carbonyl (C=O) groups is 1. The molecular weight excluding hydrogens is 390 g/mol. The van der Waals surface area contributed by atoms with Crippen LogP contribution in [-0.2, 0) is 4.79 Å². The fourth-order valence-corrected chi connectivity index (χ4v) is 2.80. The van der Waals surface area contributed by atoms with Crippen LogP contribution in [0.2, 0.25) is 10.0 Å². The molecule has 0 aliphatic heterocycles. The standard InChI is InChI=1S/C15H9Cl2FN4O2S/c16-8-5-10(17)13(19-6-8)20-12(23)7-25-15-22-21-14(24-15)9-3-1-2-4-11(9)18/h1-6H,7H2,(H,19,20,23). The van der Waals surface area contributed by atoms with E-state index in [2.05, 4.69) is 20.5 Å². The number of nitrogens with one attached hydrogen (secondary N) is 1. The number of anilines is 1. The SMILES string of the molecule is O=C(CSc1nnc(-c2ccccc2F)o1)Nc1ncc(Cl)cc1Cl. The predicted molar refractivity (Wildman–Crippen MR) is 93.3 cm³/mol. The second-order valence-electron chi connectivity index (χ2n) is 4.67. The van der Waals surface area contributed by atoms with Gasteiger partial charge in [0.05, 0.1) is 21.4 Å². The first-order valence-corrected chi connectivity index (χ1v) is 8.59. The Morgan fingerprint density at radius 1 is 1.28 bits per heavy atom. The Labute approximate surface area is 155 Å². The summed E-state index contributed by atoms with van der Waals surface area (Å²) in [5.74, 6) is -0.603. The molecule has 0 fully saturated rings. The molecule has 2 aromatic heterocycles. The molecule has 0 atom stereocenters. The van der Waals surface area contributed by atoms with Crippen molar-refractivity contribution >= 4 is 46.7 Å². The number of nitrogens with zero attached hydrogens (tertiary/aromatic N) is 3. The molecule has 0 aliphatic carbocycles. The predicted octanol–water partition coefficient (Wildman–Crippen LogP) is 4.31. The van der Waals surface area contributed by atoms with E-state index in [1.54, 1.807) is 12.1 Å². The van der Waals surface area contributed by atoms with Crippen LogP contribution in [0.4, 0.5) is 10.2 Å². The second-order valence-corrected chi connectivity index (χ2v) is 6.44. The van der Waals surface area contributed by atoms with Crippen LogP contribution < -0.4 is 5.32 Å². The monoisotopic (exact) mass is 398 g/mol. The van der Waals surface area contributed by atoms with Crippen LogP contribution in [0.25, 0.3) is 11.5 Å². The summed E-state index contributed by atoms with van der Waals surface area (Å²) in [7, 11) is 0. The lowest BCUT2D eigenvalue weighted by Crippen LogP contribution is -2.15. The van der Waals surface area contributed by atoms with Crippen molar-refractivity contribution in [2.75, 3.05) is 11.1 Å². The Kier molecular flexibility index (Phi) is 5.52. The molecule has 0 bridgehead atoms. The first kappa shape index (κ1) is 17.7. The molecule has 25 heavy (non-hydrogen) atoms. The highest BCUT2D eigenvalue weighted by Gasteiger charge is 2.14. The summed E-state index contributed by atoms with van der Waals surface area (Å²) in [6, 6.07) is 7.51. The molecule has 1 N–H and O–H groups in total. The van der Waals surface area contributed by atoms with Crippen molar-refractivity contribution in [3.63, 3.8) is 0 Å². The number of hydrogen-bond donors (Lipinski definition) is 1.